The number of thioether (sulfide) groups is 1. The lowest BCUT2D eigenvalue weighted by Gasteiger charge is -2.28. The first-order valence-electron chi connectivity index (χ1n) is 9.20. The number of aromatic nitrogens is 4. The number of nitrogens with two attached hydrogens (primary N) is 1. The average Bonchev–Trinajstić information content (AvgIpc) is 2.75. The van der Waals surface area contributed by atoms with Gasteiger partial charge in [-0.25, -0.2) is 19.9 Å². The van der Waals surface area contributed by atoms with Gasteiger partial charge in [0, 0.05) is 30.7 Å². The molecule has 9 nitrogen and oxygen atoms in total. The van der Waals surface area contributed by atoms with Crippen LogP contribution in [0.2, 0.25) is 0 Å². The topological polar surface area (TPSA) is 135 Å². The molecule has 0 unspecified atom stereocenters. The zero-order valence-electron chi connectivity index (χ0n) is 17.3. The van der Waals surface area contributed by atoms with Crippen LogP contribution in [0.4, 0.5) is 15.9 Å². The summed E-state index contributed by atoms with van der Waals surface area (Å²) in [5.74, 6) is -0.157. The molecule has 0 saturated carbocycles. The number of halogens is 1. The van der Waals surface area contributed by atoms with E-state index >= 15 is 0 Å². The van der Waals surface area contributed by atoms with Crippen molar-refractivity contribution in [1.82, 2.24) is 19.9 Å². The number of amidine groups is 1. The van der Waals surface area contributed by atoms with E-state index in [-0.39, 0.29) is 0 Å². The standard InChI is InChI=1S/C20H21FN8OS/c1-20(10-30-3,31-19(23)24-2)6-13-5-14(9-26-17(13)21)29-18-16-15(27-11-28-18)4-12(7-22)8-25-16/h4-5,8-9,11H,6,10H2,1-3H3,(H2,23,24)(H,27,28,29)/t20-/m1/s1. The molecular formula is C20H21FN8OS. The van der Waals surface area contributed by atoms with Crippen LogP contribution in [0.3, 0.4) is 0 Å². The Morgan fingerprint density at radius 3 is 2.84 bits per heavy atom. The van der Waals surface area contributed by atoms with Crippen LogP contribution in [0.15, 0.2) is 35.8 Å². The van der Waals surface area contributed by atoms with Crippen molar-refractivity contribution in [3.63, 3.8) is 0 Å². The lowest BCUT2D eigenvalue weighted by atomic mass is 10.0. The molecule has 0 amide bonds. The molecule has 0 aliphatic rings. The number of methoxy groups -OCH3 is 1. The van der Waals surface area contributed by atoms with E-state index in [2.05, 4.69) is 30.2 Å². The Morgan fingerprint density at radius 2 is 2.13 bits per heavy atom. The van der Waals surface area contributed by atoms with Crippen molar-refractivity contribution in [3.8, 4) is 6.07 Å². The second-order valence-electron chi connectivity index (χ2n) is 6.95. The van der Waals surface area contributed by atoms with Crippen LogP contribution in [0, 0.1) is 17.3 Å². The normalized spacial score (nSPS) is 13.6. The third-order valence-corrected chi connectivity index (χ3v) is 5.51. The second-order valence-corrected chi connectivity index (χ2v) is 8.56. The van der Waals surface area contributed by atoms with Crippen LogP contribution in [0.25, 0.3) is 11.0 Å². The Morgan fingerprint density at radius 1 is 1.32 bits per heavy atom. The quantitative estimate of drug-likeness (QED) is 0.323. The Hall–Kier alpha value is -3.36. The van der Waals surface area contributed by atoms with E-state index in [1.54, 1.807) is 26.3 Å². The summed E-state index contributed by atoms with van der Waals surface area (Å²) in [5, 5.41) is 12.5. The molecule has 0 bridgehead atoms. The maximum Gasteiger partial charge on any atom is 0.216 e. The Balaban J connectivity index is 1.91. The fourth-order valence-electron chi connectivity index (χ4n) is 3.04. The molecule has 3 aromatic rings. The van der Waals surface area contributed by atoms with Crippen molar-refractivity contribution >= 4 is 39.5 Å². The number of nitrogens with one attached hydrogen (secondary N) is 1. The lowest BCUT2D eigenvalue weighted by molar-refractivity contribution is 0.173. The van der Waals surface area contributed by atoms with Crippen LogP contribution in [-0.4, -0.2) is 50.6 Å². The van der Waals surface area contributed by atoms with Gasteiger partial charge in [0.1, 0.15) is 17.9 Å². The molecule has 11 heteroatoms. The maximum absolute atomic E-state index is 14.5. The number of nitrogens with zero attached hydrogens (tertiary/aromatic N) is 6. The van der Waals surface area contributed by atoms with Gasteiger partial charge in [-0.3, -0.25) is 4.99 Å². The average molecular weight is 441 g/mol. The highest BCUT2D eigenvalue weighted by molar-refractivity contribution is 8.15. The number of anilines is 2. The minimum Gasteiger partial charge on any atom is -0.383 e. The fourth-order valence-corrected chi connectivity index (χ4v) is 4.04. The van der Waals surface area contributed by atoms with Crippen LogP contribution in [-0.2, 0) is 11.2 Å². The van der Waals surface area contributed by atoms with Crippen molar-refractivity contribution in [2.24, 2.45) is 10.7 Å². The molecule has 0 radical (unpaired) electrons. The van der Waals surface area contributed by atoms with Crippen LogP contribution >= 0.6 is 11.8 Å². The van der Waals surface area contributed by atoms with Gasteiger partial charge in [0.15, 0.2) is 11.0 Å². The smallest absolute Gasteiger partial charge is 0.216 e. The monoisotopic (exact) mass is 440 g/mol. The van der Waals surface area contributed by atoms with Gasteiger partial charge in [-0.2, -0.15) is 9.65 Å². The van der Waals surface area contributed by atoms with Gasteiger partial charge in [-0.05, 0) is 25.5 Å². The van der Waals surface area contributed by atoms with Crippen LogP contribution < -0.4 is 11.1 Å². The third kappa shape index (κ3) is 5.42. The molecule has 0 aromatic carbocycles. The number of nitriles is 1. The Bertz CT molecular complexity index is 1170. The zero-order chi connectivity index (χ0) is 22.4. The number of ether oxygens (including phenoxy) is 1. The maximum atomic E-state index is 14.5. The first kappa shape index (κ1) is 22.3. The van der Waals surface area contributed by atoms with Gasteiger partial charge >= 0.3 is 0 Å². The molecule has 0 saturated heterocycles. The van der Waals surface area contributed by atoms with Crippen molar-refractivity contribution in [3.05, 3.63) is 47.9 Å². The van der Waals surface area contributed by atoms with E-state index in [4.69, 9.17) is 15.7 Å². The van der Waals surface area contributed by atoms with E-state index in [9.17, 15) is 4.39 Å². The predicted octanol–water partition coefficient (Wildman–Crippen LogP) is 2.80. The molecule has 1 atom stereocenters. The highest BCUT2D eigenvalue weighted by Crippen LogP contribution is 2.31. The SMILES string of the molecule is CN=C(N)S[C@@](C)(COC)Cc1cc(Nc2ncnc3cc(C#N)cnc23)cnc1F. The second kappa shape index (κ2) is 9.63. The van der Waals surface area contributed by atoms with Gasteiger partial charge in [0.25, 0.3) is 0 Å². The summed E-state index contributed by atoms with van der Waals surface area (Å²) in [7, 11) is 3.18. The fraction of sp³-hybridized carbons (Fsp3) is 0.300. The van der Waals surface area contributed by atoms with Crippen molar-refractivity contribution in [1.29, 1.82) is 5.26 Å². The summed E-state index contributed by atoms with van der Waals surface area (Å²) in [6.45, 7) is 2.26. The van der Waals surface area contributed by atoms with Gasteiger partial charge in [-0.1, -0.05) is 11.8 Å². The number of hydrogen-bond donors (Lipinski definition) is 2. The van der Waals surface area contributed by atoms with E-state index in [0.29, 0.717) is 51.9 Å². The Labute approximate surface area is 183 Å². The lowest BCUT2D eigenvalue weighted by Crippen LogP contribution is -2.33. The zero-order valence-corrected chi connectivity index (χ0v) is 18.1. The molecule has 0 fully saturated rings. The minimum absolute atomic E-state index is 0.310. The van der Waals surface area contributed by atoms with Gasteiger partial charge < -0.3 is 15.8 Å². The largest absolute Gasteiger partial charge is 0.383 e. The third-order valence-electron chi connectivity index (χ3n) is 4.36. The highest BCUT2D eigenvalue weighted by atomic mass is 32.2. The summed E-state index contributed by atoms with van der Waals surface area (Å²) in [4.78, 5) is 20.5. The number of fused-ring (bicyclic) bond motifs is 1. The predicted molar refractivity (Wildman–Crippen MR) is 119 cm³/mol. The van der Waals surface area contributed by atoms with E-state index < -0.39 is 10.7 Å². The number of hydrogen-bond acceptors (Lipinski definition) is 9. The molecule has 160 valence electrons. The molecular weight excluding hydrogens is 419 g/mol. The number of rotatable bonds is 7. The van der Waals surface area contributed by atoms with Crippen molar-refractivity contribution < 1.29 is 9.13 Å². The molecule has 3 heterocycles. The summed E-state index contributed by atoms with van der Waals surface area (Å²) in [6, 6.07) is 5.31. The highest BCUT2D eigenvalue weighted by Gasteiger charge is 2.29. The van der Waals surface area contributed by atoms with Crippen molar-refractivity contribution in [2.45, 2.75) is 18.1 Å². The molecule has 31 heavy (non-hydrogen) atoms. The number of aliphatic imine (C=N–C) groups is 1. The van der Waals surface area contributed by atoms with E-state index in [1.165, 1.54) is 30.5 Å². The van der Waals surface area contributed by atoms with E-state index in [0.717, 1.165) is 0 Å². The molecule has 3 N–H and O–H groups in total. The van der Waals surface area contributed by atoms with Crippen LogP contribution in [0.1, 0.15) is 18.1 Å². The van der Waals surface area contributed by atoms with E-state index in [1.807, 2.05) is 13.0 Å². The van der Waals surface area contributed by atoms with Gasteiger partial charge in [-0.15, -0.1) is 0 Å². The molecule has 0 aliphatic heterocycles. The first-order chi connectivity index (χ1) is 14.9. The molecule has 3 aromatic heterocycles. The van der Waals surface area contributed by atoms with Gasteiger partial charge in [0.2, 0.25) is 5.95 Å². The van der Waals surface area contributed by atoms with Gasteiger partial charge in [0.05, 0.1) is 29.6 Å². The van der Waals surface area contributed by atoms with Crippen molar-refractivity contribution in [2.75, 3.05) is 26.1 Å². The first-order valence-corrected chi connectivity index (χ1v) is 10.0. The molecule has 0 spiro atoms. The van der Waals surface area contributed by atoms with Crippen LogP contribution in [0.5, 0.6) is 0 Å². The summed E-state index contributed by atoms with van der Waals surface area (Å²) in [5.41, 5.74) is 8.20. The minimum atomic E-state index is -0.579. The molecule has 3 rings (SSSR count). The molecule has 0 aliphatic carbocycles. The summed E-state index contributed by atoms with van der Waals surface area (Å²) < 4.78 is 19.3. The summed E-state index contributed by atoms with van der Waals surface area (Å²) in [6.07, 6.45) is 4.49. The Kier molecular flexibility index (Phi) is 6.94. The number of pyridine rings is 2. The summed E-state index contributed by atoms with van der Waals surface area (Å²) >= 11 is 1.32.